The average Bonchev–Trinajstić information content (AvgIpc) is 2.86. The van der Waals surface area contributed by atoms with Crippen LogP contribution in [0.25, 0.3) is 16.6 Å². The van der Waals surface area contributed by atoms with E-state index in [-0.39, 0.29) is 11.1 Å². The molecule has 0 spiro atoms. The minimum atomic E-state index is -0.989. The molecule has 3 N–H and O–H groups in total. The Morgan fingerprint density at radius 1 is 1.00 bits per heavy atom. The number of benzene rings is 3. The van der Waals surface area contributed by atoms with Crippen LogP contribution in [0.4, 0.5) is 10.5 Å². The zero-order chi connectivity index (χ0) is 27.4. The lowest BCUT2D eigenvalue weighted by molar-refractivity contribution is 0.0504. The van der Waals surface area contributed by atoms with Gasteiger partial charge < -0.3 is 20.5 Å². The third-order valence-electron chi connectivity index (χ3n) is 5.74. The number of aromatic carboxylic acids is 1. The van der Waals surface area contributed by atoms with Crippen molar-refractivity contribution in [2.24, 2.45) is 0 Å². The molecule has 0 radical (unpaired) electrons. The van der Waals surface area contributed by atoms with Gasteiger partial charge in [0.05, 0.1) is 28.2 Å². The predicted octanol–water partition coefficient (Wildman–Crippen LogP) is 5.28. The van der Waals surface area contributed by atoms with E-state index in [9.17, 15) is 14.4 Å². The van der Waals surface area contributed by atoms with Crippen LogP contribution in [-0.2, 0) is 11.3 Å². The fraction of sp³-hybridized carbons (Fsp3) is 0.241. The maximum absolute atomic E-state index is 14.0. The Bertz CT molecular complexity index is 1520. The number of carboxylic acid groups (broad SMARTS) is 1. The summed E-state index contributed by atoms with van der Waals surface area (Å²) in [6.45, 7) is 7.46. The molecule has 0 bridgehead atoms. The number of para-hydroxylation sites is 1. The van der Waals surface area contributed by atoms with Crippen LogP contribution >= 0.6 is 0 Å². The normalized spacial score (nSPS) is 12.1. The monoisotopic (exact) mass is 514 g/mol. The molecule has 0 aliphatic rings. The maximum Gasteiger partial charge on any atom is 0.408 e. The standard InChI is InChI=1S/C29H30N4O5/c1-18(31-28(37)38-29(2,3)4)25-32-23-12-8-11-22(30-17-19-13-15-20(16-14-19)27(35)36)24(23)26(34)33(25)21-9-6-5-7-10-21/h5-16,18,30H,17H2,1-4H3,(H,31,37)(H,35,36). The van der Waals surface area contributed by atoms with Crippen LogP contribution in [0, 0.1) is 0 Å². The fourth-order valence-corrected chi connectivity index (χ4v) is 4.02. The number of hydrogen-bond donors (Lipinski definition) is 3. The molecule has 4 aromatic rings. The van der Waals surface area contributed by atoms with Gasteiger partial charge in [0.25, 0.3) is 5.56 Å². The van der Waals surface area contributed by atoms with Crippen LogP contribution in [0.1, 0.15) is 55.5 Å². The Labute approximate surface area is 220 Å². The number of amides is 1. The highest BCUT2D eigenvalue weighted by Crippen LogP contribution is 2.24. The van der Waals surface area contributed by atoms with E-state index in [2.05, 4.69) is 10.6 Å². The van der Waals surface area contributed by atoms with E-state index in [0.29, 0.717) is 34.6 Å². The van der Waals surface area contributed by atoms with E-state index in [1.54, 1.807) is 70.2 Å². The molecule has 0 fully saturated rings. The highest BCUT2D eigenvalue weighted by Gasteiger charge is 2.23. The quantitative estimate of drug-likeness (QED) is 0.307. The number of fused-ring (bicyclic) bond motifs is 1. The molecule has 0 aliphatic carbocycles. The van der Waals surface area contributed by atoms with E-state index in [1.807, 2.05) is 18.2 Å². The molecule has 1 heterocycles. The zero-order valence-electron chi connectivity index (χ0n) is 21.7. The largest absolute Gasteiger partial charge is 0.478 e. The number of ether oxygens (including phenoxy) is 1. The van der Waals surface area contributed by atoms with Gasteiger partial charge in [0, 0.05) is 12.2 Å². The molecule has 9 heteroatoms. The molecule has 4 rings (SSSR count). The molecule has 1 amide bonds. The third kappa shape index (κ3) is 6.00. The first-order valence-corrected chi connectivity index (χ1v) is 12.2. The second-order valence-corrected chi connectivity index (χ2v) is 9.87. The molecule has 0 saturated heterocycles. The van der Waals surface area contributed by atoms with Crippen molar-refractivity contribution in [3.05, 3.63) is 100 Å². The molecule has 1 aromatic heterocycles. The van der Waals surface area contributed by atoms with E-state index >= 15 is 0 Å². The van der Waals surface area contributed by atoms with Crippen LogP contribution in [0.15, 0.2) is 77.6 Å². The molecule has 1 atom stereocenters. The molecule has 196 valence electrons. The average molecular weight is 515 g/mol. The number of anilines is 1. The van der Waals surface area contributed by atoms with E-state index in [4.69, 9.17) is 14.8 Å². The van der Waals surface area contributed by atoms with Gasteiger partial charge in [-0.1, -0.05) is 36.4 Å². The first kappa shape index (κ1) is 26.4. The minimum Gasteiger partial charge on any atom is -0.478 e. The smallest absolute Gasteiger partial charge is 0.408 e. The van der Waals surface area contributed by atoms with Gasteiger partial charge in [-0.3, -0.25) is 9.36 Å². The highest BCUT2D eigenvalue weighted by molar-refractivity contribution is 5.91. The number of nitrogens with zero attached hydrogens (tertiary/aromatic N) is 2. The van der Waals surface area contributed by atoms with Crippen LogP contribution in [0.5, 0.6) is 0 Å². The minimum absolute atomic E-state index is 0.204. The van der Waals surface area contributed by atoms with Gasteiger partial charge in [-0.15, -0.1) is 0 Å². The molecular formula is C29H30N4O5. The molecule has 0 saturated carbocycles. The van der Waals surface area contributed by atoms with E-state index < -0.39 is 23.7 Å². The van der Waals surface area contributed by atoms with Crippen molar-refractivity contribution in [2.75, 3.05) is 5.32 Å². The number of alkyl carbamates (subject to hydrolysis) is 1. The van der Waals surface area contributed by atoms with Crippen LogP contribution < -0.4 is 16.2 Å². The highest BCUT2D eigenvalue weighted by atomic mass is 16.6. The summed E-state index contributed by atoms with van der Waals surface area (Å²) in [4.78, 5) is 42.4. The Hall–Kier alpha value is -4.66. The van der Waals surface area contributed by atoms with Crippen LogP contribution in [-0.4, -0.2) is 32.3 Å². The Morgan fingerprint density at radius 3 is 2.32 bits per heavy atom. The summed E-state index contributed by atoms with van der Waals surface area (Å²) in [5, 5.41) is 15.6. The summed E-state index contributed by atoms with van der Waals surface area (Å²) in [6.07, 6.45) is -0.608. The van der Waals surface area contributed by atoms with Gasteiger partial charge in [-0.25, -0.2) is 14.6 Å². The van der Waals surface area contributed by atoms with Crippen molar-refractivity contribution in [2.45, 2.75) is 45.9 Å². The number of hydrogen-bond acceptors (Lipinski definition) is 6. The van der Waals surface area contributed by atoms with Gasteiger partial charge in [-0.2, -0.15) is 0 Å². The summed E-state index contributed by atoms with van der Waals surface area (Å²) < 4.78 is 6.90. The topological polar surface area (TPSA) is 123 Å². The number of rotatable bonds is 7. The van der Waals surface area contributed by atoms with Gasteiger partial charge in [0.2, 0.25) is 0 Å². The van der Waals surface area contributed by atoms with Crippen molar-refractivity contribution in [3.8, 4) is 5.69 Å². The van der Waals surface area contributed by atoms with Crippen LogP contribution in [0.2, 0.25) is 0 Å². The molecule has 1 unspecified atom stereocenters. The van der Waals surface area contributed by atoms with Crippen molar-refractivity contribution < 1.29 is 19.4 Å². The predicted molar refractivity (Wildman–Crippen MR) is 146 cm³/mol. The Kier molecular flexibility index (Phi) is 7.47. The van der Waals surface area contributed by atoms with Crippen molar-refractivity contribution in [1.29, 1.82) is 0 Å². The van der Waals surface area contributed by atoms with Gasteiger partial charge in [0.1, 0.15) is 11.4 Å². The molecular weight excluding hydrogens is 484 g/mol. The van der Waals surface area contributed by atoms with Crippen LogP contribution in [0.3, 0.4) is 0 Å². The zero-order valence-corrected chi connectivity index (χ0v) is 21.7. The maximum atomic E-state index is 14.0. The van der Waals surface area contributed by atoms with E-state index in [1.165, 1.54) is 16.7 Å². The number of nitrogens with one attached hydrogen (secondary N) is 2. The molecule has 9 nitrogen and oxygen atoms in total. The van der Waals surface area contributed by atoms with Gasteiger partial charge >= 0.3 is 12.1 Å². The number of carbonyl (C=O) groups excluding carboxylic acids is 1. The number of aromatic nitrogens is 2. The summed E-state index contributed by atoms with van der Waals surface area (Å²) in [5.74, 6) is -0.627. The van der Waals surface area contributed by atoms with Gasteiger partial charge in [-0.05, 0) is 69.7 Å². The van der Waals surface area contributed by atoms with E-state index in [0.717, 1.165) is 5.56 Å². The lowest BCUT2D eigenvalue weighted by Crippen LogP contribution is -2.37. The molecule has 0 aliphatic heterocycles. The number of carboxylic acids is 1. The SMILES string of the molecule is CC(NC(=O)OC(C)(C)C)c1nc2cccc(NCc3ccc(C(=O)O)cc3)c2c(=O)n1-c1ccccc1. The summed E-state index contributed by atoms with van der Waals surface area (Å²) >= 11 is 0. The van der Waals surface area contributed by atoms with Crippen molar-refractivity contribution in [1.82, 2.24) is 14.9 Å². The lowest BCUT2D eigenvalue weighted by Gasteiger charge is -2.23. The molecule has 3 aromatic carbocycles. The first-order chi connectivity index (χ1) is 18.0. The third-order valence-corrected chi connectivity index (χ3v) is 5.74. The summed E-state index contributed by atoms with van der Waals surface area (Å²) in [5.41, 5.74) is 1.77. The van der Waals surface area contributed by atoms with Crippen molar-refractivity contribution >= 4 is 28.7 Å². The number of carbonyl (C=O) groups is 2. The van der Waals surface area contributed by atoms with Crippen molar-refractivity contribution in [3.63, 3.8) is 0 Å². The Balaban J connectivity index is 1.75. The van der Waals surface area contributed by atoms with Gasteiger partial charge in [0.15, 0.2) is 0 Å². The fourth-order valence-electron chi connectivity index (χ4n) is 4.02. The summed E-state index contributed by atoms with van der Waals surface area (Å²) in [6, 6.07) is 20.4. The molecule has 38 heavy (non-hydrogen) atoms. The lowest BCUT2D eigenvalue weighted by atomic mass is 10.1. The second kappa shape index (κ2) is 10.8. The summed E-state index contributed by atoms with van der Waals surface area (Å²) in [7, 11) is 0. The second-order valence-electron chi connectivity index (χ2n) is 9.87. The Morgan fingerprint density at radius 2 is 1.68 bits per heavy atom. The first-order valence-electron chi connectivity index (χ1n) is 12.2.